The highest BCUT2D eigenvalue weighted by Crippen LogP contribution is 2.35. The number of fused-ring (bicyclic) bond motifs is 1. The van der Waals surface area contributed by atoms with E-state index >= 15 is 0 Å². The van der Waals surface area contributed by atoms with Crippen LogP contribution in [0.3, 0.4) is 0 Å². The molecule has 174 valence electrons. The molecule has 2 fully saturated rings. The number of likely N-dealkylation sites (tertiary alicyclic amines) is 1. The number of aromatic nitrogens is 1. The van der Waals surface area contributed by atoms with Crippen LogP contribution in [0.2, 0.25) is 0 Å². The number of methoxy groups -OCH3 is 1. The van der Waals surface area contributed by atoms with Crippen LogP contribution in [0.1, 0.15) is 44.1 Å². The van der Waals surface area contributed by atoms with E-state index in [0.717, 1.165) is 60.8 Å². The van der Waals surface area contributed by atoms with Gasteiger partial charge in [-0.15, -0.1) is 0 Å². The molecule has 2 aliphatic rings. The van der Waals surface area contributed by atoms with E-state index in [4.69, 9.17) is 4.74 Å². The molecular weight excluding hydrogens is 427 g/mol. The minimum Gasteiger partial charge on any atom is -0.497 e. The van der Waals surface area contributed by atoms with Gasteiger partial charge in [0.05, 0.1) is 18.8 Å². The first-order valence-corrected chi connectivity index (χ1v) is 12.7. The monoisotopic (exact) mass is 460 g/mol. The van der Waals surface area contributed by atoms with Crippen molar-refractivity contribution in [1.29, 1.82) is 0 Å². The minimum absolute atomic E-state index is 0.173. The summed E-state index contributed by atoms with van der Waals surface area (Å²) in [6.07, 6.45) is 7.65. The van der Waals surface area contributed by atoms with Crippen LogP contribution < -0.4 is 4.74 Å². The Hall–Kier alpha value is -1.86. The van der Waals surface area contributed by atoms with E-state index in [0.29, 0.717) is 23.7 Å². The van der Waals surface area contributed by atoms with Crippen LogP contribution in [0.15, 0.2) is 24.4 Å². The molecule has 1 saturated carbocycles. The van der Waals surface area contributed by atoms with Crippen LogP contribution in [0.25, 0.3) is 10.9 Å². The summed E-state index contributed by atoms with van der Waals surface area (Å²) < 4.78 is 19.9. The van der Waals surface area contributed by atoms with Crippen molar-refractivity contribution in [2.75, 3.05) is 32.5 Å². The second kappa shape index (κ2) is 10.8. The predicted molar refractivity (Wildman–Crippen MR) is 127 cm³/mol. The van der Waals surface area contributed by atoms with Gasteiger partial charge in [0.15, 0.2) is 0 Å². The van der Waals surface area contributed by atoms with Gasteiger partial charge < -0.3 is 14.7 Å². The van der Waals surface area contributed by atoms with Gasteiger partial charge in [-0.3, -0.25) is 9.78 Å². The maximum absolute atomic E-state index is 14.6. The Morgan fingerprint density at radius 2 is 2.16 bits per heavy atom. The third-order valence-corrected chi connectivity index (χ3v) is 8.19. The molecule has 0 amide bonds. The van der Waals surface area contributed by atoms with Gasteiger partial charge in [-0.05, 0) is 80.7 Å². The van der Waals surface area contributed by atoms with Gasteiger partial charge in [0.2, 0.25) is 0 Å². The fourth-order valence-electron chi connectivity index (χ4n) is 4.90. The smallest absolute Gasteiger partial charge is 0.303 e. The van der Waals surface area contributed by atoms with E-state index in [2.05, 4.69) is 21.6 Å². The quantitative estimate of drug-likeness (QED) is 0.508. The highest BCUT2D eigenvalue weighted by Gasteiger charge is 2.31. The minimum atomic E-state index is -0.715. The van der Waals surface area contributed by atoms with Crippen molar-refractivity contribution in [3.05, 3.63) is 35.8 Å². The number of benzene rings is 1. The van der Waals surface area contributed by atoms with E-state index in [-0.39, 0.29) is 18.2 Å². The van der Waals surface area contributed by atoms with Gasteiger partial charge >= 0.3 is 5.97 Å². The van der Waals surface area contributed by atoms with Crippen molar-refractivity contribution >= 4 is 28.6 Å². The summed E-state index contributed by atoms with van der Waals surface area (Å²) in [7, 11) is 1.60. The van der Waals surface area contributed by atoms with E-state index < -0.39 is 5.97 Å². The van der Waals surface area contributed by atoms with Crippen molar-refractivity contribution in [3.63, 3.8) is 0 Å². The third-order valence-electron chi connectivity index (χ3n) is 6.83. The summed E-state index contributed by atoms with van der Waals surface area (Å²) in [5.74, 6) is 1.39. The number of nitrogens with zero attached hydrogens (tertiary/aromatic N) is 2. The Bertz CT molecular complexity index is 937. The number of ether oxygens (including phenoxy) is 1. The molecule has 1 N–H and O–H groups in total. The largest absolute Gasteiger partial charge is 0.497 e. The molecule has 4 rings (SSSR count). The van der Waals surface area contributed by atoms with Gasteiger partial charge in [-0.1, -0.05) is 0 Å². The highest BCUT2D eigenvalue weighted by atomic mass is 32.2. The van der Waals surface area contributed by atoms with Crippen molar-refractivity contribution in [2.45, 2.75) is 50.2 Å². The zero-order chi connectivity index (χ0) is 22.5. The molecule has 5 nitrogen and oxygen atoms in total. The standard InChI is InChI=1S/C25H33FN2O3S/c1-31-19-5-8-24-22(14-19)21(23(26)15-27-24)4-2-3-17-9-10-28(11-12-32-20-6-7-20)16-18(17)13-25(29)30/h5,8,14-15,17-18,20H,2-4,6-7,9-13,16H2,1H3,(H,29,30). The fraction of sp³-hybridized carbons (Fsp3) is 0.600. The number of aliphatic carboxylic acids is 1. The number of rotatable bonds is 11. The van der Waals surface area contributed by atoms with E-state index in [9.17, 15) is 14.3 Å². The van der Waals surface area contributed by atoms with Gasteiger partial charge in [0, 0.05) is 35.9 Å². The van der Waals surface area contributed by atoms with Crippen LogP contribution in [-0.4, -0.2) is 58.7 Å². The lowest BCUT2D eigenvalue weighted by Crippen LogP contribution is -2.42. The number of hydrogen-bond donors (Lipinski definition) is 1. The van der Waals surface area contributed by atoms with Crippen LogP contribution in [-0.2, 0) is 11.2 Å². The summed E-state index contributed by atoms with van der Waals surface area (Å²) in [6.45, 7) is 2.96. The topological polar surface area (TPSA) is 62.7 Å². The zero-order valence-corrected chi connectivity index (χ0v) is 19.6. The van der Waals surface area contributed by atoms with Crippen LogP contribution in [0.4, 0.5) is 4.39 Å². The maximum Gasteiger partial charge on any atom is 0.303 e. The van der Waals surface area contributed by atoms with Crippen molar-refractivity contribution < 1.29 is 19.0 Å². The average molecular weight is 461 g/mol. The number of aryl methyl sites for hydroxylation is 1. The molecule has 0 spiro atoms. The van der Waals surface area contributed by atoms with Gasteiger partial charge in [-0.25, -0.2) is 4.39 Å². The molecular formula is C25H33FN2O3S. The molecule has 2 unspecified atom stereocenters. The van der Waals surface area contributed by atoms with Crippen LogP contribution in [0, 0.1) is 17.7 Å². The maximum atomic E-state index is 14.6. The zero-order valence-electron chi connectivity index (χ0n) is 18.8. The lowest BCUT2D eigenvalue weighted by atomic mass is 9.80. The van der Waals surface area contributed by atoms with Crippen LogP contribution >= 0.6 is 11.8 Å². The molecule has 2 aromatic rings. The SMILES string of the molecule is COc1ccc2ncc(F)c(CCCC3CCN(CCSC4CC4)CC3CC(=O)O)c2c1. The van der Waals surface area contributed by atoms with E-state index in [1.165, 1.54) is 19.0 Å². The number of carboxylic acids is 1. The number of halogens is 1. The number of thioether (sulfide) groups is 1. The first kappa shape index (κ1) is 23.3. The Kier molecular flexibility index (Phi) is 7.89. The van der Waals surface area contributed by atoms with Gasteiger partial charge in [-0.2, -0.15) is 11.8 Å². The fourth-order valence-corrected chi connectivity index (χ4v) is 6.07. The summed E-state index contributed by atoms with van der Waals surface area (Å²) in [6, 6.07) is 5.55. The lowest BCUT2D eigenvalue weighted by Gasteiger charge is -2.38. The number of piperidine rings is 1. The summed E-state index contributed by atoms with van der Waals surface area (Å²) in [4.78, 5) is 18.1. The molecule has 1 aliphatic heterocycles. The number of carboxylic acid groups (broad SMARTS) is 1. The Labute approximate surface area is 193 Å². The Balaban J connectivity index is 1.35. The van der Waals surface area contributed by atoms with Gasteiger partial charge in [0.25, 0.3) is 0 Å². The molecule has 1 aromatic carbocycles. The number of hydrogen-bond acceptors (Lipinski definition) is 5. The molecule has 1 aromatic heterocycles. The molecule has 7 heteroatoms. The van der Waals surface area contributed by atoms with Crippen molar-refractivity contribution in [1.82, 2.24) is 9.88 Å². The third kappa shape index (κ3) is 6.13. The number of carbonyl (C=O) groups is 1. The Morgan fingerprint density at radius 1 is 1.31 bits per heavy atom. The molecule has 0 bridgehead atoms. The first-order chi connectivity index (χ1) is 15.5. The second-order valence-electron chi connectivity index (χ2n) is 9.14. The predicted octanol–water partition coefficient (Wildman–Crippen LogP) is 5.01. The van der Waals surface area contributed by atoms with Gasteiger partial charge in [0.1, 0.15) is 11.6 Å². The molecule has 32 heavy (non-hydrogen) atoms. The van der Waals surface area contributed by atoms with Crippen molar-refractivity contribution in [3.8, 4) is 5.75 Å². The molecule has 0 radical (unpaired) electrons. The molecule has 1 aliphatic carbocycles. The lowest BCUT2D eigenvalue weighted by molar-refractivity contribution is -0.139. The summed E-state index contributed by atoms with van der Waals surface area (Å²) in [5.41, 5.74) is 1.45. The van der Waals surface area contributed by atoms with Crippen LogP contribution in [0.5, 0.6) is 5.75 Å². The molecule has 2 heterocycles. The second-order valence-corrected chi connectivity index (χ2v) is 10.5. The Morgan fingerprint density at radius 3 is 2.91 bits per heavy atom. The van der Waals surface area contributed by atoms with Crippen molar-refractivity contribution in [2.24, 2.45) is 11.8 Å². The molecule has 2 atom stereocenters. The number of pyridine rings is 1. The first-order valence-electron chi connectivity index (χ1n) is 11.7. The van der Waals surface area contributed by atoms with E-state index in [1.807, 2.05) is 18.2 Å². The average Bonchev–Trinajstić information content (AvgIpc) is 3.60. The molecule has 1 saturated heterocycles. The summed E-state index contributed by atoms with van der Waals surface area (Å²) >= 11 is 2.06. The van der Waals surface area contributed by atoms with E-state index in [1.54, 1.807) is 7.11 Å². The normalized spacial score (nSPS) is 21.7. The summed E-state index contributed by atoms with van der Waals surface area (Å²) in [5, 5.41) is 11.1. The highest BCUT2D eigenvalue weighted by molar-refractivity contribution is 8.00.